The number of fused-ring (bicyclic) bond motifs is 1. The van der Waals surface area contributed by atoms with Gasteiger partial charge >= 0.3 is 0 Å². The third kappa shape index (κ3) is 7.25. The van der Waals surface area contributed by atoms with Crippen molar-refractivity contribution in [2.45, 2.75) is 52.4 Å². The van der Waals surface area contributed by atoms with E-state index in [2.05, 4.69) is 17.0 Å². The Morgan fingerprint density at radius 1 is 0.947 bits per heavy atom. The van der Waals surface area contributed by atoms with Crippen molar-refractivity contribution in [3.63, 3.8) is 0 Å². The number of unbranched alkanes of at least 4 members (excludes halogenated alkanes) is 4. The number of amidine groups is 2. The number of carbonyl (C=O) groups is 1. The highest BCUT2D eigenvalue weighted by Crippen LogP contribution is 2.32. The number of hydrazone groups is 1. The topological polar surface area (TPSA) is 96.6 Å². The molecule has 2 aromatic rings. The fraction of sp³-hybridized carbons (Fsp3) is 0.379. The summed E-state index contributed by atoms with van der Waals surface area (Å²) in [5.41, 5.74) is 0.898. The van der Waals surface area contributed by atoms with Crippen LogP contribution in [0.2, 0.25) is 0 Å². The van der Waals surface area contributed by atoms with Gasteiger partial charge in [-0.15, -0.1) is 0 Å². The zero-order chi connectivity index (χ0) is 26.7. The first kappa shape index (κ1) is 27.4. The number of nitrogens with one attached hydrogen (secondary N) is 1. The van der Waals surface area contributed by atoms with Gasteiger partial charge in [-0.1, -0.05) is 56.9 Å². The molecule has 0 saturated carbocycles. The number of para-hydroxylation sites is 1. The number of carbonyl (C=O) groups excluding carboxylic acids is 1. The summed E-state index contributed by atoms with van der Waals surface area (Å²) >= 11 is 1.38. The third-order valence-electron chi connectivity index (χ3n) is 5.92. The molecule has 2 aliphatic rings. The smallest absolute Gasteiger partial charge is 0.283 e. The normalized spacial score (nSPS) is 15.8. The predicted octanol–water partition coefficient (Wildman–Crippen LogP) is 6.52. The highest BCUT2D eigenvalue weighted by Gasteiger charge is 2.35. The fourth-order valence-electron chi connectivity index (χ4n) is 4.01. The van der Waals surface area contributed by atoms with Gasteiger partial charge in [0.2, 0.25) is 5.17 Å². The maximum absolute atomic E-state index is 12.8. The van der Waals surface area contributed by atoms with Gasteiger partial charge in [0, 0.05) is 0 Å². The lowest BCUT2D eigenvalue weighted by molar-refractivity contribution is -0.114. The zero-order valence-electron chi connectivity index (χ0n) is 21.9. The van der Waals surface area contributed by atoms with Crippen LogP contribution in [0.25, 0.3) is 6.08 Å². The quantitative estimate of drug-likeness (QED) is 0.219. The predicted molar refractivity (Wildman–Crippen MR) is 153 cm³/mol. The van der Waals surface area contributed by atoms with E-state index in [1.54, 1.807) is 18.2 Å². The Hall–Kier alpha value is -3.59. The van der Waals surface area contributed by atoms with E-state index < -0.39 is 5.91 Å². The molecule has 0 spiro atoms. The van der Waals surface area contributed by atoms with E-state index in [-0.39, 0.29) is 11.4 Å². The molecule has 1 amide bonds. The van der Waals surface area contributed by atoms with Crippen molar-refractivity contribution >= 4 is 39.8 Å². The summed E-state index contributed by atoms with van der Waals surface area (Å²) in [6.07, 6.45) is 8.36. The summed E-state index contributed by atoms with van der Waals surface area (Å²) in [5, 5.41) is 16.0. The average molecular weight is 535 g/mol. The molecule has 200 valence electrons. The molecule has 0 fully saturated rings. The first-order chi connectivity index (χ1) is 18.6. The van der Waals surface area contributed by atoms with Crippen LogP contribution in [0.4, 0.5) is 0 Å². The van der Waals surface area contributed by atoms with E-state index in [0.29, 0.717) is 42.1 Å². The van der Waals surface area contributed by atoms with Crippen LogP contribution in [-0.4, -0.2) is 46.8 Å². The Kier molecular flexibility index (Phi) is 9.97. The van der Waals surface area contributed by atoms with Crippen molar-refractivity contribution in [1.29, 1.82) is 5.41 Å². The van der Waals surface area contributed by atoms with Crippen molar-refractivity contribution in [2.75, 3.05) is 19.8 Å². The van der Waals surface area contributed by atoms with Gasteiger partial charge in [0.1, 0.15) is 24.0 Å². The maximum Gasteiger partial charge on any atom is 0.283 e. The summed E-state index contributed by atoms with van der Waals surface area (Å²) in [4.78, 5) is 17.0. The largest absolute Gasteiger partial charge is 0.490 e. The molecule has 0 unspecified atom stereocenters. The highest BCUT2D eigenvalue weighted by atomic mass is 32.2. The van der Waals surface area contributed by atoms with Gasteiger partial charge in [-0.3, -0.25) is 10.2 Å². The monoisotopic (exact) mass is 534 g/mol. The van der Waals surface area contributed by atoms with Gasteiger partial charge in [-0.05, 0) is 67.4 Å². The molecule has 1 N–H and O–H groups in total. The Morgan fingerprint density at radius 3 is 2.53 bits per heavy atom. The molecule has 0 bridgehead atoms. The molecule has 9 heteroatoms. The Bertz CT molecular complexity index is 1230. The van der Waals surface area contributed by atoms with Crippen molar-refractivity contribution in [3.8, 4) is 17.2 Å². The van der Waals surface area contributed by atoms with Crippen LogP contribution in [0.1, 0.15) is 57.9 Å². The van der Waals surface area contributed by atoms with E-state index >= 15 is 0 Å². The summed E-state index contributed by atoms with van der Waals surface area (Å²) < 4.78 is 17.4. The lowest BCUT2D eigenvalue weighted by atomic mass is 10.1. The fourth-order valence-corrected chi connectivity index (χ4v) is 4.94. The van der Waals surface area contributed by atoms with Crippen molar-refractivity contribution in [3.05, 3.63) is 59.7 Å². The maximum atomic E-state index is 12.8. The zero-order valence-corrected chi connectivity index (χ0v) is 22.8. The lowest BCUT2D eigenvalue weighted by Gasteiger charge is -2.20. The number of thioether (sulfide) groups is 1. The molecule has 2 aromatic carbocycles. The Morgan fingerprint density at radius 2 is 1.74 bits per heavy atom. The SMILES string of the molecule is CCCCCCCC1=NN2C(=N)/C(=C/c3ccc(OCCOc4ccccc4)c(OCC)c3)C(=O)N=C2S1. The van der Waals surface area contributed by atoms with Crippen LogP contribution in [0.15, 0.2) is 64.2 Å². The van der Waals surface area contributed by atoms with E-state index in [1.807, 2.05) is 43.3 Å². The molecule has 0 radical (unpaired) electrons. The van der Waals surface area contributed by atoms with Crippen LogP contribution >= 0.6 is 11.8 Å². The molecule has 4 rings (SSSR count). The number of amides is 1. The lowest BCUT2D eigenvalue weighted by Crippen LogP contribution is -2.35. The second-order valence-corrected chi connectivity index (χ2v) is 9.87. The number of benzene rings is 2. The molecule has 2 heterocycles. The van der Waals surface area contributed by atoms with Crippen LogP contribution in [0.3, 0.4) is 0 Å². The second kappa shape index (κ2) is 13.8. The van der Waals surface area contributed by atoms with Gasteiger partial charge in [-0.25, -0.2) is 0 Å². The minimum Gasteiger partial charge on any atom is -0.490 e. The van der Waals surface area contributed by atoms with E-state index in [1.165, 1.54) is 36.0 Å². The minimum absolute atomic E-state index is 0.0323. The Balaban J connectivity index is 1.40. The molecule has 0 aliphatic carbocycles. The van der Waals surface area contributed by atoms with Crippen LogP contribution in [-0.2, 0) is 4.79 Å². The molecule has 38 heavy (non-hydrogen) atoms. The van der Waals surface area contributed by atoms with Crippen molar-refractivity contribution < 1.29 is 19.0 Å². The van der Waals surface area contributed by atoms with Crippen molar-refractivity contribution in [1.82, 2.24) is 5.01 Å². The molecular weight excluding hydrogens is 500 g/mol. The van der Waals surface area contributed by atoms with Crippen LogP contribution in [0.5, 0.6) is 17.2 Å². The Labute approximate surface area is 228 Å². The first-order valence-electron chi connectivity index (χ1n) is 13.2. The molecule has 2 aliphatic heterocycles. The van der Waals surface area contributed by atoms with E-state index in [4.69, 9.17) is 19.6 Å². The standard InChI is InChI=1S/C29H34N4O4S/c1-3-5-6-7-11-14-26-32-33-27(30)23(28(34)31-29(33)38-26)19-21-15-16-24(25(20-21)35-4-2)37-18-17-36-22-12-9-8-10-13-22/h8-10,12-13,15-16,19-20,30H,3-7,11,14,17-18H2,1-2H3/b23-19-,30-27?. The number of hydrogen-bond acceptors (Lipinski definition) is 7. The number of nitrogens with zero attached hydrogens (tertiary/aromatic N) is 3. The number of ether oxygens (including phenoxy) is 3. The molecular formula is C29H34N4O4S. The minimum atomic E-state index is -0.440. The number of aliphatic imine (C=N–C) groups is 1. The van der Waals surface area contributed by atoms with Crippen LogP contribution < -0.4 is 14.2 Å². The van der Waals surface area contributed by atoms with Crippen LogP contribution in [0, 0.1) is 5.41 Å². The molecule has 8 nitrogen and oxygen atoms in total. The first-order valence-corrected chi connectivity index (χ1v) is 14.0. The van der Waals surface area contributed by atoms with Crippen molar-refractivity contribution in [2.24, 2.45) is 10.1 Å². The summed E-state index contributed by atoms with van der Waals surface area (Å²) in [6, 6.07) is 15.0. The number of hydrogen-bond donors (Lipinski definition) is 1. The average Bonchev–Trinajstić information content (AvgIpc) is 3.33. The third-order valence-corrected chi connectivity index (χ3v) is 6.89. The molecule has 0 atom stereocenters. The van der Waals surface area contributed by atoms with Gasteiger partial charge < -0.3 is 14.2 Å². The van der Waals surface area contributed by atoms with Gasteiger partial charge in [-0.2, -0.15) is 15.1 Å². The van der Waals surface area contributed by atoms with Gasteiger partial charge in [0.05, 0.1) is 12.2 Å². The second-order valence-electron chi connectivity index (χ2n) is 8.83. The summed E-state index contributed by atoms with van der Waals surface area (Å²) in [7, 11) is 0. The molecule has 0 aromatic heterocycles. The van der Waals surface area contributed by atoms with E-state index in [9.17, 15) is 4.79 Å². The van der Waals surface area contributed by atoms with Gasteiger partial charge in [0.25, 0.3) is 5.91 Å². The van der Waals surface area contributed by atoms with E-state index in [0.717, 1.165) is 30.1 Å². The number of rotatable bonds is 14. The molecule has 0 saturated heterocycles. The summed E-state index contributed by atoms with van der Waals surface area (Å²) in [6.45, 7) is 5.29. The highest BCUT2D eigenvalue weighted by molar-refractivity contribution is 8.26. The van der Waals surface area contributed by atoms with Gasteiger partial charge in [0.15, 0.2) is 17.3 Å². The summed E-state index contributed by atoms with van der Waals surface area (Å²) in [5.74, 6) is 1.52.